The Balaban J connectivity index is 2.59. The van der Waals surface area contributed by atoms with Crippen molar-refractivity contribution < 1.29 is 5.21 Å². The molecule has 0 bridgehead atoms. The highest BCUT2D eigenvalue weighted by atomic mass is 16.5. The Hall–Kier alpha value is -1.46. The molecule has 2 aromatic rings. The molecule has 5 nitrogen and oxygen atoms in total. The summed E-state index contributed by atoms with van der Waals surface area (Å²) in [5.74, 6) is 0. The molecule has 0 aliphatic carbocycles. The van der Waals surface area contributed by atoms with Crippen molar-refractivity contribution in [3.05, 3.63) is 23.5 Å². The lowest BCUT2D eigenvalue weighted by Gasteiger charge is -1.98. The first-order valence-electron chi connectivity index (χ1n) is 4.37. The molecule has 14 heavy (non-hydrogen) atoms. The molecule has 74 valence electrons. The van der Waals surface area contributed by atoms with Gasteiger partial charge in [0.25, 0.3) is 0 Å². The van der Waals surface area contributed by atoms with Crippen LogP contribution in [0.1, 0.15) is 11.3 Å². The van der Waals surface area contributed by atoms with Crippen molar-refractivity contribution in [1.29, 1.82) is 0 Å². The maximum absolute atomic E-state index is 8.57. The van der Waals surface area contributed by atoms with Gasteiger partial charge in [-0.2, -0.15) is 5.10 Å². The van der Waals surface area contributed by atoms with Gasteiger partial charge >= 0.3 is 0 Å². The fraction of sp³-hybridized carbons (Fsp3) is 0.333. The molecule has 0 saturated heterocycles. The number of hydrogen-bond donors (Lipinski definition) is 2. The van der Waals surface area contributed by atoms with Gasteiger partial charge in [0, 0.05) is 25.2 Å². The average molecular weight is 192 g/mol. The molecule has 0 unspecified atom stereocenters. The minimum absolute atomic E-state index is 0.400. The number of pyridine rings is 1. The zero-order chi connectivity index (χ0) is 10.1. The highest BCUT2D eigenvalue weighted by Gasteiger charge is 2.06. The number of rotatable bonds is 2. The van der Waals surface area contributed by atoms with Crippen LogP contribution in [0.2, 0.25) is 0 Å². The number of hydroxylamine groups is 1. The number of hydrogen-bond acceptors (Lipinski definition) is 4. The molecule has 5 heteroatoms. The fourth-order valence-electron chi connectivity index (χ4n) is 1.54. The van der Waals surface area contributed by atoms with Crippen molar-refractivity contribution >= 4 is 11.0 Å². The van der Waals surface area contributed by atoms with Gasteiger partial charge in [0.1, 0.15) is 0 Å². The van der Waals surface area contributed by atoms with E-state index in [1.165, 1.54) is 0 Å². The Bertz CT molecular complexity index is 463. The van der Waals surface area contributed by atoms with Gasteiger partial charge in [-0.15, -0.1) is 0 Å². The minimum Gasteiger partial charge on any atom is -0.316 e. The third-order valence-corrected chi connectivity index (χ3v) is 2.20. The van der Waals surface area contributed by atoms with Crippen LogP contribution in [0, 0.1) is 6.92 Å². The number of nitrogens with zero attached hydrogens (tertiary/aromatic N) is 3. The van der Waals surface area contributed by atoms with Crippen LogP contribution in [-0.4, -0.2) is 20.0 Å². The van der Waals surface area contributed by atoms with E-state index in [-0.39, 0.29) is 0 Å². The van der Waals surface area contributed by atoms with Crippen LogP contribution >= 0.6 is 0 Å². The van der Waals surface area contributed by atoms with Crippen LogP contribution in [0.25, 0.3) is 11.0 Å². The Morgan fingerprint density at radius 1 is 1.57 bits per heavy atom. The van der Waals surface area contributed by atoms with Crippen LogP contribution in [0.3, 0.4) is 0 Å². The predicted octanol–water partition coefficient (Wildman–Crippen LogP) is 0.756. The monoisotopic (exact) mass is 192 g/mol. The first-order chi connectivity index (χ1) is 6.72. The summed E-state index contributed by atoms with van der Waals surface area (Å²) in [6.45, 7) is 2.34. The second-order valence-corrected chi connectivity index (χ2v) is 3.26. The molecule has 0 fully saturated rings. The molecule has 0 aromatic carbocycles. The summed E-state index contributed by atoms with van der Waals surface area (Å²) in [5, 5.41) is 13.9. The number of fused-ring (bicyclic) bond motifs is 1. The van der Waals surface area contributed by atoms with Crippen LogP contribution < -0.4 is 5.48 Å². The molecule has 0 saturated carbocycles. The van der Waals surface area contributed by atoms with E-state index in [0.29, 0.717) is 6.54 Å². The third-order valence-electron chi connectivity index (χ3n) is 2.20. The SMILES string of the molecule is Cc1nn(C)c2ncc(CNO)cc12. The van der Waals surface area contributed by atoms with E-state index in [9.17, 15) is 0 Å². The quantitative estimate of drug-likeness (QED) is 0.689. The van der Waals surface area contributed by atoms with Crippen molar-refractivity contribution in [1.82, 2.24) is 20.2 Å². The smallest absolute Gasteiger partial charge is 0.157 e. The zero-order valence-electron chi connectivity index (χ0n) is 8.15. The molecule has 2 heterocycles. The van der Waals surface area contributed by atoms with Crippen molar-refractivity contribution in [2.24, 2.45) is 7.05 Å². The van der Waals surface area contributed by atoms with Gasteiger partial charge in [0.15, 0.2) is 5.65 Å². The molecule has 0 aliphatic rings. The van der Waals surface area contributed by atoms with E-state index >= 15 is 0 Å². The summed E-state index contributed by atoms with van der Waals surface area (Å²) in [6, 6.07) is 1.98. The van der Waals surface area contributed by atoms with Crippen LogP contribution in [0.5, 0.6) is 0 Å². The van der Waals surface area contributed by atoms with E-state index in [1.807, 2.05) is 20.0 Å². The number of aromatic nitrogens is 3. The van der Waals surface area contributed by atoms with Gasteiger partial charge in [0.05, 0.1) is 5.69 Å². The van der Waals surface area contributed by atoms with Gasteiger partial charge < -0.3 is 5.21 Å². The maximum Gasteiger partial charge on any atom is 0.157 e. The summed E-state index contributed by atoms with van der Waals surface area (Å²) < 4.78 is 1.75. The first-order valence-corrected chi connectivity index (χ1v) is 4.37. The maximum atomic E-state index is 8.57. The number of aryl methyl sites for hydroxylation is 2. The predicted molar refractivity (Wildman–Crippen MR) is 51.9 cm³/mol. The molecule has 0 spiro atoms. The summed E-state index contributed by atoms with van der Waals surface area (Å²) in [7, 11) is 1.87. The molecule has 2 N–H and O–H groups in total. The highest BCUT2D eigenvalue weighted by Crippen LogP contribution is 2.16. The van der Waals surface area contributed by atoms with Crippen molar-refractivity contribution in [3.63, 3.8) is 0 Å². The first kappa shape index (κ1) is 9.11. The Labute approximate surface area is 81.3 Å². The largest absolute Gasteiger partial charge is 0.316 e. The third kappa shape index (κ3) is 1.36. The molecule has 0 aliphatic heterocycles. The van der Waals surface area contributed by atoms with Crippen LogP contribution in [0.4, 0.5) is 0 Å². The standard InChI is InChI=1S/C9H12N4O/c1-6-8-3-7(5-11-14)4-10-9(8)13(2)12-6/h3-4,11,14H,5H2,1-2H3. The topological polar surface area (TPSA) is 63.0 Å². The van der Waals surface area contributed by atoms with E-state index in [4.69, 9.17) is 5.21 Å². The lowest BCUT2D eigenvalue weighted by Crippen LogP contribution is -2.06. The second-order valence-electron chi connectivity index (χ2n) is 3.26. The lowest BCUT2D eigenvalue weighted by molar-refractivity contribution is 0.161. The molecular weight excluding hydrogens is 180 g/mol. The second kappa shape index (κ2) is 3.36. The summed E-state index contributed by atoms with van der Waals surface area (Å²) in [6.07, 6.45) is 1.73. The van der Waals surface area contributed by atoms with Gasteiger partial charge in [-0.1, -0.05) is 0 Å². The van der Waals surface area contributed by atoms with Gasteiger partial charge in [0.2, 0.25) is 0 Å². The highest BCUT2D eigenvalue weighted by molar-refractivity contribution is 5.78. The van der Waals surface area contributed by atoms with E-state index in [1.54, 1.807) is 10.9 Å². The Kier molecular flexibility index (Phi) is 2.18. The van der Waals surface area contributed by atoms with Crippen LogP contribution in [-0.2, 0) is 13.6 Å². The lowest BCUT2D eigenvalue weighted by atomic mass is 10.2. The van der Waals surface area contributed by atoms with Crippen molar-refractivity contribution in [3.8, 4) is 0 Å². The summed E-state index contributed by atoms with van der Waals surface area (Å²) in [4.78, 5) is 4.27. The molecule has 0 radical (unpaired) electrons. The Morgan fingerprint density at radius 3 is 3.07 bits per heavy atom. The molecule has 0 atom stereocenters. The van der Waals surface area contributed by atoms with Crippen molar-refractivity contribution in [2.45, 2.75) is 13.5 Å². The molecular formula is C9H12N4O. The van der Waals surface area contributed by atoms with Crippen molar-refractivity contribution in [2.75, 3.05) is 0 Å². The Morgan fingerprint density at radius 2 is 2.36 bits per heavy atom. The van der Waals surface area contributed by atoms with Gasteiger partial charge in [-0.25, -0.2) is 10.5 Å². The normalized spacial score (nSPS) is 11.1. The zero-order valence-corrected chi connectivity index (χ0v) is 8.15. The van der Waals surface area contributed by atoms with E-state index in [0.717, 1.165) is 22.3 Å². The molecule has 2 rings (SSSR count). The summed E-state index contributed by atoms with van der Waals surface area (Å²) >= 11 is 0. The minimum atomic E-state index is 0.400. The number of nitrogens with one attached hydrogen (secondary N) is 1. The van der Waals surface area contributed by atoms with Crippen LogP contribution in [0.15, 0.2) is 12.3 Å². The summed E-state index contributed by atoms with van der Waals surface area (Å²) in [5.41, 5.74) is 4.87. The van der Waals surface area contributed by atoms with E-state index in [2.05, 4.69) is 15.6 Å². The van der Waals surface area contributed by atoms with E-state index < -0.39 is 0 Å². The van der Waals surface area contributed by atoms with Gasteiger partial charge in [-0.3, -0.25) is 4.68 Å². The molecule has 2 aromatic heterocycles. The fourth-order valence-corrected chi connectivity index (χ4v) is 1.54. The average Bonchev–Trinajstić information content (AvgIpc) is 2.43. The van der Waals surface area contributed by atoms with Gasteiger partial charge in [-0.05, 0) is 18.6 Å². The molecule has 0 amide bonds.